The van der Waals surface area contributed by atoms with Crippen molar-refractivity contribution in [2.24, 2.45) is 10.9 Å². The number of rotatable bonds is 3. The van der Waals surface area contributed by atoms with Gasteiger partial charge in [-0.25, -0.2) is 0 Å². The summed E-state index contributed by atoms with van der Waals surface area (Å²) in [7, 11) is 0. The van der Waals surface area contributed by atoms with Crippen LogP contribution in [-0.4, -0.2) is 21.9 Å². The summed E-state index contributed by atoms with van der Waals surface area (Å²) in [5.74, 6) is -0.538. The third kappa shape index (κ3) is 3.50. The molecule has 2 rings (SSSR count). The van der Waals surface area contributed by atoms with Crippen LogP contribution < -0.4 is 11.1 Å². The number of hydrogen-bond acceptors (Lipinski definition) is 4. The number of pyridine rings is 1. The number of nitrogens with zero attached hydrogens (tertiary/aromatic N) is 2. The summed E-state index contributed by atoms with van der Waals surface area (Å²) >= 11 is 9.20. The molecule has 8 heteroatoms. The van der Waals surface area contributed by atoms with Crippen molar-refractivity contribution in [1.82, 2.24) is 4.98 Å². The Morgan fingerprint density at radius 3 is 2.81 bits per heavy atom. The van der Waals surface area contributed by atoms with Gasteiger partial charge < -0.3 is 16.3 Å². The van der Waals surface area contributed by atoms with Crippen LogP contribution in [0.2, 0.25) is 5.02 Å². The van der Waals surface area contributed by atoms with Gasteiger partial charge in [-0.3, -0.25) is 9.78 Å². The number of oxime groups is 1. The SMILES string of the molecule is N/C(=N/O)c1cc(Br)ccc1NC(=O)c1ccncc1Cl. The first-order chi connectivity index (χ1) is 10.0. The number of aromatic nitrogens is 1. The van der Waals surface area contributed by atoms with Crippen molar-refractivity contribution in [2.75, 3.05) is 5.32 Å². The average molecular weight is 370 g/mol. The van der Waals surface area contributed by atoms with Crippen LogP contribution >= 0.6 is 27.5 Å². The minimum Gasteiger partial charge on any atom is -0.409 e. The summed E-state index contributed by atoms with van der Waals surface area (Å²) < 4.78 is 0.726. The lowest BCUT2D eigenvalue weighted by atomic mass is 10.1. The maximum atomic E-state index is 12.2. The molecule has 1 aromatic heterocycles. The van der Waals surface area contributed by atoms with Crippen LogP contribution in [0.15, 0.2) is 46.3 Å². The van der Waals surface area contributed by atoms with Crippen LogP contribution in [0.5, 0.6) is 0 Å². The minimum atomic E-state index is -0.420. The summed E-state index contributed by atoms with van der Waals surface area (Å²) in [6.45, 7) is 0. The molecule has 108 valence electrons. The van der Waals surface area contributed by atoms with E-state index in [2.05, 4.69) is 31.4 Å². The molecule has 21 heavy (non-hydrogen) atoms. The zero-order valence-electron chi connectivity index (χ0n) is 10.5. The van der Waals surface area contributed by atoms with Gasteiger partial charge in [0, 0.05) is 22.4 Å². The van der Waals surface area contributed by atoms with Crippen molar-refractivity contribution >= 4 is 45.0 Å². The fourth-order valence-corrected chi connectivity index (χ4v) is 2.21. The van der Waals surface area contributed by atoms with Gasteiger partial charge in [0.15, 0.2) is 5.84 Å². The highest BCUT2D eigenvalue weighted by Gasteiger charge is 2.14. The topological polar surface area (TPSA) is 101 Å². The molecule has 0 aliphatic carbocycles. The average Bonchev–Trinajstić information content (AvgIpc) is 2.48. The predicted octanol–water partition coefficient (Wildman–Crippen LogP) is 2.84. The number of anilines is 1. The van der Waals surface area contributed by atoms with E-state index in [0.29, 0.717) is 11.3 Å². The van der Waals surface area contributed by atoms with Crippen LogP contribution in [0.25, 0.3) is 0 Å². The van der Waals surface area contributed by atoms with Gasteiger partial charge in [-0.15, -0.1) is 0 Å². The molecule has 0 atom stereocenters. The molecule has 2 aromatic rings. The van der Waals surface area contributed by atoms with Crippen LogP contribution in [0.3, 0.4) is 0 Å². The highest BCUT2D eigenvalue weighted by Crippen LogP contribution is 2.23. The lowest BCUT2D eigenvalue weighted by Crippen LogP contribution is -2.19. The van der Waals surface area contributed by atoms with Gasteiger partial charge >= 0.3 is 0 Å². The van der Waals surface area contributed by atoms with E-state index >= 15 is 0 Å². The van der Waals surface area contributed by atoms with E-state index < -0.39 is 5.91 Å². The quantitative estimate of drug-likeness (QED) is 0.335. The lowest BCUT2D eigenvalue weighted by molar-refractivity contribution is 0.102. The number of carbonyl (C=O) groups is 1. The highest BCUT2D eigenvalue weighted by molar-refractivity contribution is 9.10. The van der Waals surface area contributed by atoms with Gasteiger partial charge in [-0.1, -0.05) is 32.7 Å². The van der Waals surface area contributed by atoms with Crippen molar-refractivity contribution in [3.8, 4) is 0 Å². The predicted molar refractivity (Wildman–Crippen MR) is 83.9 cm³/mol. The Labute approximate surface area is 133 Å². The summed E-state index contributed by atoms with van der Waals surface area (Å²) in [6.07, 6.45) is 2.84. The van der Waals surface area contributed by atoms with E-state index in [0.717, 1.165) is 4.47 Å². The summed E-state index contributed by atoms with van der Waals surface area (Å²) in [6, 6.07) is 6.47. The number of nitrogens with one attached hydrogen (secondary N) is 1. The van der Waals surface area contributed by atoms with E-state index in [1.807, 2.05) is 0 Å². The van der Waals surface area contributed by atoms with E-state index in [9.17, 15) is 4.79 Å². The van der Waals surface area contributed by atoms with Crippen LogP contribution in [0.4, 0.5) is 5.69 Å². The number of halogens is 2. The number of nitrogens with two attached hydrogens (primary N) is 1. The van der Waals surface area contributed by atoms with E-state index in [4.69, 9.17) is 22.5 Å². The normalized spacial score (nSPS) is 11.2. The first-order valence-electron chi connectivity index (χ1n) is 5.71. The van der Waals surface area contributed by atoms with Crippen LogP contribution in [0, 0.1) is 0 Å². The molecular formula is C13H10BrClN4O2. The molecule has 4 N–H and O–H groups in total. The number of amidine groups is 1. The number of carbonyl (C=O) groups excluding carboxylic acids is 1. The summed E-state index contributed by atoms with van der Waals surface area (Å²) in [4.78, 5) is 16.0. The second-order valence-corrected chi connectivity index (χ2v) is 5.31. The fourth-order valence-electron chi connectivity index (χ4n) is 1.64. The molecule has 1 amide bonds. The molecule has 0 unspecified atom stereocenters. The van der Waals surface area contributed by atoms with Crippen molar-refractivity contribution in [3.05, 3.63) is 57.3 Å². The Hall–Kier alpha value is -2.12. The maximum Gasteiger partial charge on any atom is 0.257 e. The van der Waals surface area contributed by atoms with Gasteiger partial charge in [-0.2, -0.15) is 0 Å². The molecule has 0 aliphatic heterocycles. The molecule has 0 fully saturated rings. The summed E-state index contributed by atoms with van der Waals surface area (Å²) in [5, 5.41) is 14.6. The lowest BCUT2D eigenvalue weighted by Gasteiger charge is -2.11. The first-order valence-corrected chi connectivity index (χ1v) is 6.88. The van der Waals surface area contributed by atoms with Gasteiger partial charge in [0.2, 0.25) is 0 Å². The van der Waals surface area contributed by atoms with Gasteiger partial charge in [-0.05, 0) is 24.3 Å². The Morgan fingerprint density at radius 2 is 2.14 bits per heavy atom. The van der Waals surface area contributed by atoms with Gasteiger partial charge in [0.25, 0.3) is 5.91 Å². The van der Waals surface area contributed by atoms with Gasteiger partial charge in [0.05, 0.1) is 16.3 Å². The van der Waals surface area contributed by atoms with Crippen molar-refractivity contribution in [2.45, 2.75) is 0 Å². The molecule has 0 bridgehead atoms. The summed E-state index contributed by atoms with van der Waals surface area (Å²) in [5.41, 5.74) is 6.65. The van der Waals surface area contributed by atoms with Crippen molar-refractivity contribution < 1.29 is 10.0 Å². The highest BCUT2D eigenvalue weighted by atomic mass is 79.9. The van der Waals surface area contributed by atoms with Crippen LogP contribution in [0.1, 0.15) is 15.9 Å². The monoisotopic (exact) mass is 368 g/mol. The van der Waals surface area contributed by atoms with Crippen molar-refractivity contribution in [1.29, 1.82) is 0 Å². The first kappa shape index (κ1) is 15.3. The molecular weight excluding hydrogens is 360 g/mol. The Balaban J connectivity index is 2.36. The molecule has 1 heterocycles. The number of hydrogen-bond donors (Lipinski definition) is 3. The molecule has 0 spiro atoms. The fraction of sp³-hybridized carbons (Fsp3) is 0. The largest absolute Gasteiger partial charge is 0.409 e. The zero-order valence-corrected chi connectivity index (χ0v) is 12.9. The number of amides is 1. The Bertz CT molecular complexity index is 721. The van der Waals surface area contributed by atoms with E-state index in [1.54, 1.807) is 18.2 Å². The van der Waals surface area contributed by atoms with Crippen LogP contribution in [-0.2, 0) is 0 Å². The number of benzene rings is 1. The molecule has 0 saturated heterocycles. The third-order valence-electron chi connectivity index (χ3n) is 2.63. The Morgan fingerprint density at radius 1 is 1.38 bits per heavy atom. The second-order valence-electron chi connectivity index (χ2n) is 3.98. The zero-order chi connectivity index (χ0) is 15.4. The van der Waals surface area contributed by atoms with E-state index in [-0.39, 0.29) is 16.4 Å². The molecule has 0 aliphatic rings. The van der Waals surface area contributed by atoms with Gasteiger partial charge in [0.1, 0.15) is 0 Å². The molecule has 1 aromatic carbocycles. The third-order valence-corrected chi connectivity index (χ3v) is 3.43. The minimum absolute atomic E-state index is 0.118. The van der Waals surface area contributed by atoms with Crippen molar-refractivity contribution in [3.63, 3.8) is 0 Å². The second kappa shape index (κ2) is 6.55. The molecule has 6 nitrogen and oxygen atoms in total. The smallest absolute Gasteiger partial charge is 0.257 e. The molecule has 0 saturated carbocycles. The maximum absolute atomic E-state index is 12.2. The standard InChI is InChI=1S/C13H10BrClN4O2/c14-7-1-2-11(9(5-7)12(16)19-21)18-13(20)8-3-4-17-6-10(8)15/h1-6,21H,(H2,16,19)(H,18,20). The van der Waals surface area contributed by atoms with E-state index in [1.165, 1.54) is 18.5 Å². The Kier molecular flexibility index (Phi) is 4.77. The molecule has 0 radical (unpaired) electrons.